The van der Waals surface area contributed by atoms with Gasteiger partial charge < -0.3 is 10.1 Å². The molecule has 1 aliphatic rings. The zero-order valence-electron chi connectivity index (χ0n) is 12.2. The quantitative estimate of drug-likeness (QED) is 0.863. The van der Waals surface area contributed by atoms with Crippen molar-refractivity contribution in [3.05, 3.63) is 29.1 Å². The van der Waals surface area contributed by atoms with E-state index in [1.165, 1.54) is 4.70 Å². The first-order chi connectivity index (χ1) is 10.2. The van der Waals surface area contributed by atoms with Crippen LogP contribution in [0.4, 0.5) is 5.69 Å². The van der Waals surface area contributed by atoms with Crippen molar-refractivity contribution in [3.8, 4) is 0 Å². The number of hydrogen-bond donors (Lipinski definition) is 1. The molecule has 0 radical (unpaired) electrons. The Balaban J connectivity index is 1.60. The molecular formula is C16H20N2O2S. The molecule has 2 heterocycles. The van der Waals surface area contributed by atoms with Crippen molar-refractivity contribution in [3.63, 3.8) is 0 Å². The molecule has 1 aliphatic heterocycles. The monoisotopic (exact) mass is 304 g/mol. The van der Waals surface area contributed by atoms with E-state index >= 15 is 0 Å². The maximum atomic E-state index is 11.4. The normalized spacial score (nSPS) is 16.2. The number of fused-ring (bicyclic) bond motifs is 1. The molecule has 21 heavy (non-hydrogen) atoms. The minimum atomic E-state index is 0.137. The zero-order chi connectivity index (χ0) is 14.7. The Kier molecular flexibility index (Phi) is 4.53. The van der Waals surface area contributed by atoms with Crippen molar-refractivity contribution in [2.24, 2.45) is 0 Å². The van der Waals surface area contributed by atoms with Crippen molar-refractivity contribution < 1.29 is 9.53 Å². The molecular weight excluding hydrogens is 284 g/mol. The Morgan fingerprint density at radius 3 is 2.90 bits per heavy atom. The average Bonchev–Trinajstić information content (AvgIpc) is 2.92. The summed E-state index contributed by atoms with van der Waals surface area (Å²) >= 11 is 1.56. The summed E-state index contributed by atoms with van der Waals surface area (Å²) in [6, 6.07) is 8.28. The van der Waals surface area contributed by atoms with Gasteiger partial charge in [-0.25, -0.2) is 0 Å². The first kappa shape index (κ1) is 14.5. The van der Waals surface area contributed by atoms with Crippen molar-refractivity contribution in [2.75, 3.05) is 44.7 Å². The van der Waals surface area contributed by atoms with Gasteiger partial charge in [0.05, 0.1) is 18.1 Å². The van der Waals surface area contributed by atoms with Gasteiger partial charge in [0.1, 0.15) is 0 Å². The molecule has 112 valence electrons. The first-order valence-corrected chi connectivity index (χ1v) is 8.12. The highest BCUT2D eigenvalue weighted by Gasteiger charge is 2.09. The highest BCUT2D eigenvalue weighted by atomic mass is 32.1. The number of anilines is 1. The highest BCUT2D eigenvalue weighted by Crippen LogP contribution is 2.28. The first-order valence-electron chi connectivity index (χ1n) is 7.31. The molecule has 1 fully saturated rings. The lowest BCUT2D eigenvalue weighted by atomic mass is 10.2. The van der Waals surface area contributed by atoms with Crippen molar-refractivity contribution >= 4 is 32.9 Å². The summed E-state index contributed by atoms with van der Waals surface area (Å²) in [6.45, 7) is 7.30. The zero-order valence-corrected chi connectivity index (χ0v) is 13.0. The van der Waals surface area contributed by atoms with Gasteiger partial charge in [0.25, 0.3) is 0 Å². The lowest BCUT2D eigenvalue weighted by molar-refractivity contribution is 0.0398. The van der Waals surface area contributed by atoms with E-state index in [1.807, 2.05) is 6.07 Å². The third kappa shape index (κ3) is 3.61. The Labute approximate surface area is 128 Å². The summed E-state index contributed by atoms with van der Waals surface area (Å²) < 4.78 is 6.51. The number of nitrogens with one attached hydrogen (secondary N) is 1. The van der Waals surface area contributed by atoms with E-state index in [0.717, 1.165) is 55.3 Å². The second-order valence-corrected chi connectivity index (χ2v) is 6.38. The minimum Gasteiger partial charge on any atom is -0.384 e. The molecule has 3 rings (SSSR count). The van der Waals surface area contributed by atoms with E-state index in [9.17, 15) is 4.79 Å². The average molecular weight is 304 g/mol. The van der Waals surface area contributed by atoms with Crippen LogP contribution in [0.1, 0.15) is 16.6 Å². The largest absolute Gasteiger partial charge is 0.384 e. The van der Waals surface area contributed by atoms with Crippen LogP contribution in [-0.4, -0.2) is 50.1 Å². The number of morpholine rings is 1. The summed E-state index contributed by atoms with van der Waals surface area (Å²) in [6.07, 6.45) is 0. The molecule has 1 aromatic heterocycles. The molecule has 1 saturated heterocycles. The van der Waals surface area contributed by atoms with Crippen LogP contribution in [0.5, 0.6) is 0 Å². The van der Waals surface area contributed by atoms with Gasteiger partial charge in [-0.1, -0.05) is 0 Å². The van der Waals surface area contributed by atoms with Crippen LogP contribution in [0.3, 0.4) is 0 Å². The topological polar surface area (TPSA) is 41.6 Å². The number of Topliss-reactive ketones (excluding diaryl/α,β-unsaturated/α-hetero) is 1. The Hall–Kier alpha value is -1.43. The second-order valence-electron chi connectivity index (χ2n) is 5.30. The molecule has 1 N–H and O–H groups in total. The smallest absolute Gasteiger partial charge is 0.169 e. The van der Waals surface area contributed by atoms with Crippen LogP contribution in [-0.2, 0) is 4.74 Å². The fourth-order valence-electron chi connectivity index (χ4n) is 2.51. The maximum absolute atomic E-state index is 11.4. The van der Waals surface area contributed by atoms with Gasteiger partial charge in [0.15, 0.2) is 5.78 Å². The fraction of sp³-hybridized carbons (Fsp3) is 0.438. The van der Waals surface area contributed by atoms with Crippen molar-refractivity contribution in [2.45, 2.75) is 6.92 Å². The SMILES string of the molecule is CC(=O)c1cc2cc(NCCN3CCOCC3)ccc2s1. The molecule has 0 amide bonds. The third-order valence-corrected chi connectivity index (χ3v) is 4.94. The summed E-state index contributed by atoms with van der Waals surface area (Å²) in [5.41, 5.74) is 1.11. The molecule has 2 aromatic rings. The van der Waals surface area contributed by atoms with E-state index in [2.05, 4.69) is 28.4 Å². The fourth-order valence-corrected chi connectivity index (χ4v) is 3.45. The standard InChI is InChI=1S/C16H20N2O2S/c1-12(19)16-11-13-10-14(2-3-15(13)21-16)17-4-5-18-6-8-20-9-7-18/h2-3,10-11,17H,4-9H2,1H3. The highest BCUT2D eigenvalue weighted by molar-refractivity contribution is 7.20. The molecule has 4 nitrogen and oxygen atoms in total. The van der Waals surface area contributed by atoms with Gasteiger partial charge in [-0.2, -0.15) is 0 Å². The summed E-state index contributed by atoms with van der Waals surface area (Å²) in [4.78, 5) is 14.7. The van der Waals surface area contributed by atoms with Crippen LogP contribution in [0, 0.1) is 0 Å². The van der Waals surface area contributed by atoms with Gasteiger partial charge in [-0.15, -0.1) is 11.3 Å². The number of hydrogen-bond acceptors (Lipinski definition) is 5. The maximum Gasteiger partial charge on any atom is 0.169 e. The Morgan fingerprint density at radius 2 is 2.14 bits per heavy atom. The van der Waals surface area contributed by atoms with Crippen LogP contribution in [0.25, 0.3) is 10.1 Å². The van der Waals surface area contributed by atoms with Crippen LogP contribution in [0.2, 0.25) is 0 Å². The van der Waals surface area contributed by atoms with E-state index in [4.69, 9.17) is 4.74 Å². The summed E-state index contributed by atoms with van der Waals surface area (Å²) in [5.74, 6) is 0.137. The lowest BCUT2D eigenvalue weighted by Gasteiger charge is -2.26. The van der Waals surface area contributed by atoms with Gasteiger partial charge >= 0.3 is 0 Å². The number of carbonyl (C=O) groups excluding carboxylic acids is 1. The van der Waals surface area contributed by atoms with Gasteiger partial charge in [0.2, 0.25) is 0 Å². The molecule has 5 heteroatoms. The minimum absolute atomic E-state index is 0.137. The van der Waals surface area contributed by atoms with E-state index < -0.39 is 0 Å². The number of thiophene rings is 1. The van der Waals surface area contributed by atoms with E-state index in [0.29, 0.717) is 0 Å². The molecule has 0 spiro atoms. The molecule has 0 atom stereocenters. The number of benzene rings is 1. The molecule has 0 saturated carbocycles. The van der Waals surface area contributed by atoms with E-state index in [1.54, 1.807) is 18.3 Å². The Bertz CT molecular complexity index is 632. The van der Waals surface area contributed by atoms with Gasteiger partial charge in [-0.05, 0) is 36.6 Å². The summed E-state index contributed by atoms with van der Waals surface area (Å²) in [5, 5.41) is 4.60. The molecule has 1 aromatic carbocycles. The molecule has 0 aliphatic carbocycles. The number of nitrogens with zero attached hydrogens (tertiary/aromatic N) is 1. The van der Waals surface area contributed by atoms with Crippen LogP contribution in [0.15, 0.2) is 24.3 Å². The van der Waals surface area contributed by atoms with Crippen LogP contribution < -0.4 is 5.32 Å². The summed E-state index contributed by atoms with van der Waals surface area (Å²) in [7, 11) is 0. The second kappa shape index (κ2) is 6.56. The molecule has 0 bridgehead atoms. The predicted molar refractivity (Wildman–Crippen MR) is 87.6 cm³/mol. The van der Waals surface area contributed by atoms with Crippen molar-refractivity contribution in [1.82, 2.24) is 4.90 Å². The molecule has 0 unspecified atom stereocenters. The number of ketones is 1. The Morgan fingerprint density at radius 1 is 1.33 bits per heavy atom. The van der Waals surface area contributed by atoms with Gasteiger partial charge in [0, 0.05) is 36.6 Å². The lowest BCUT2D eigenvalue weighted by Crippen LogP contribution is -2.38. The number of carbonyl (C=O) groups is 1. The van der Waals surface area contributed by atoms with E-state index in [-0.39, 0.29) is 5.78 Å². The van der Waals surface area contributed by atoms with Gasteiger partial charge in [-0.3, -0.25) is 9.69 Å². The van der Waals surface area contributed by atoms with Crippen LogP contribution >= 0.6 is 11.3 Å². The number of rotatable bonds is 5. The number of ether oxygens (including phenoxy) is 1. The predicted octanol–water partition coefficient (Wildman–Crippen LogP) is 2.85. The third-order valence-electron chi connectivity index (χ3n) is 3.72. The van der Waals surface area contributed by atoms with Crippen molar-refractivity contribution in [1.29, 1.82) is 0 Å².